The third-order valence-corrected chi connectivity index (χ3v) is 2.57. The highest BCUT2D eigenvalue weighted by atomic mass is 32.1. The number of hydrogen-bond acceptors (Lipinski definition) is 5. The minimum Gasteiger partial charge on any atom is -0.468 e. The van der Waals surface area contributed by atoms with Crippen LogP contribution in [0.2, 0.25) is 0 Å². The van der Waals surface area contributed by atoms with Gasteiger partial charge >= 0.3 is 5.97 Å². The maximum absolute atomic E-state index is 11.9. The first-order chi connectivity index (χ1) is 7.69. The summed E-state index contributed by atoms with van der Waals surface area (Å²) in [4.78, 5) is 28.4. The second-order valence-corrected chi connectivity index (χ2v) is 3.90. The van der Waals surface area contributed by atoms with E-state index < -0.39 is 5.97 Å². The van der Waals surface area contributed by atoms with Gasteiger partial charge in [-0.1, -0.05) is 6.92 Å². The molecule has 0 saturated carbocycles. The zero-order valence-electron chi connectivity index (χ0n) is 9.30. The number of amides is 1. The van der Waals surface area contributed by atoms with Gasteiger partial charge in [0.05, 0.1) is 12.6 Å². The molecule has 1 heterocycles. The fourth-order valence-corrected chi connectivity index (χ4v) is 1.75. The molecule has 0 radical (unpaired) electrons. The summed E-state index contributed by atoms with van der Waals surface area (Å²) in [5, 5.41) is 1.67. The van der Waals surface area contributed by atoms with E-state index in [0.29, 0.717) is 12.2 Å². The van der Waals surface area contributed by atoms with Crippen molar-refractivity contribution in [2.75, 3.05) is 20.2 Å². The van der Waals surface area contributed by atoms with Crippen molar-refractivity contribution in [2.24, 2.45) is 0 Å². The van der Waals surface area contributed by atoms with E-state index in [1.54, 1.807) is 10.9 Å². The van der Waals surface area contributed by atoms with Crippen LogP contribution in [0.25, 0.3) is 0 Å². The number of rotatable bonds is 5. The van der Waals surface area contributed by atoms with Gasteiger partial charge in [-0.25, -0.2) is 4.98 Å². The number of carbonyl (C=O) groups is 2. The van der Waals surface area contributed by atoms with Gasteiger partial charge in [0.2, 0.25) is 0 Å². The molecule has 0 unspecified atom stereocenters. The maximum atomic E-state index is 11.9. The molecular formula is C10H14N2O3S. The summed E-state index contributed by atoms with van der Waals surface area (Å²) in [6.07, 6.45) is 0.785. The Bertz CT molecular complexity index is 351. The van der Waals surface area contributed by atoms with E-state index in [4.69, 9.17) is 0 Å². The zero-order chi connectivity index (χ0) is 12.0. The molecule has 0 N–H and O–H groups in total. The Hall–Kier alpha value is -1.43. The fourth-order valence-electron chi connectivity index (χ4n) is 1.22. The smallest absolute Gasteiger partial charge is 0.325 e. The number of ether oxygens (including phenoxy) is 1. The predicted molar refractivity (Wildman–Crippen MR) is 60.3 cm³/mol. The second-order valence-electron chi connectivity index (χ2n) is 3.18. The summed E-state index contributed by atoms with van der Waals surface area (Å²) in [5.41, 5.74) is 1.97. The van der Waals surface area contributed by atoms with E-state index in [0.717, 1.165) is 6.42 Å². The van der Waals surface area contributed by atoms with Crippen LogP contribution < -0.4 is 0 Å². The van der Waals surface area contributed by atoms with E-state index in [2.05, 4.69) is 9.72 Å². The minimum absolute atomic E-state index is 0.0271. The first-order valence-corrected chi connectivity index (χ1v) is 5.87. The van der Waals surface area contributed by atoms with Gasteiger partial charge in [-0.2, -0.15) is 0 Å². The highest BCUT2D eigenvalue weighted by Crippen LogP contribution is 2.06. The van der Waals surface area contributed by atoms with Crippen LogP contribution in [0, 0.1) is 0 Å². The number of methoxy groups -OCH3 is 1. The molecule has 5 nitrogen and oxygen atoms in total. The van der Waals surface area contributed by atoms with E-state index in [1.807, 2.05) is 6.92 Å². The van der Waals surface area contributed by atoms with Crippen LogP contribution in [0.4, 0.5) is 0 Å². The van der Waals surface area contributed by atoms with Crippen LogP contribution in [0.1, 0.15) is 23.8 Å². The predicted octanol–water partition coefficient (Wildman–Crippen LogP) is 1.17. The summed E-state index contributed by atoms with van der Waals surface area (Å²) in [5.74, 6) is -0.648. The lowest BCUT2D eigenvalue weighted by atomic mass is 10.3. The Kier molecular flexibility index (Phi) is 4.91. The highest BCUT2D eigenvalue weighted by Gasteiger charge is 2.19. The van der Waals surface area contributed by atoms with Crippen molar-refractivity contribution in [3.63, 3.8) is 0 Å². The molecule has 1 aromatic heterocycles. The summed E-state index contributed by atoms with van der Waals surface area (Å²) in [6, 6.07) is 0. The molecule has 0 aliphatic heterocycles. The molecule has 1 aromatic rings. The highest BCUT2D eigenvalue weighted by molar-refractivity contribution is 7.07. The number of aromatic nitrogens is 1. The minimum atomic E-state index is -0.419. The molecule has 16 heavy (non-hydrogen) atoms. The van der Waals surface area contributed by atoms with Crippen LogP contribution in [0.15, 0.2) is 10.9 Å². The Balaban J connectivity index is 2.69. The molecule has 1 amide bonds. The second kappa shape index (κ2) is 6.22. The number of carbonyl (C=O) groups excluding carboxylic acids is 2. The molecule has 0 aromatic carbocycles. The van der Waals surface area contributed by atoms with Gasteiger partial charge in [-0.3, -0.25) is 9.59 Å². The Morgan fingerprint density at radius 2 is 2.31 bits per heavy atom. The maximum Gasteiger partial charge on any atom is 0.325 e. The average molecular weight is 242 g/mol. The lowest BCUT2D eigenvalue weighted by Gasteiger charge is -2.19. The van der Waals surface area contributed by atoms with Crippen LogP contribution in [-0.2, 0) is 9.53 Å². The van der Waals surface area contributed by atoms with Crippen LogP contribution in [-0.4, -0.2) is 42.0 Å². The molecule has 0 saturated heterocycles. The van der Waals surface area contributed by atoms with Crippen molar-refractivity contribution in [1.82, 2.24) is 9.88 Å². The normalized spacial score (nSPS) is 9.88. The van der Waals surface area contributed by atoms with Gasteiger partial charge in [0.15, 0.2) is 0 Å². The molecule has 88 valence electrons. The standard InChI is InChI=1S/C10H14N2O3S/c1-3-4-12(5-9(13)15-2)10(14)8-6-16-7-11-8/h6-7H,3-5H2,1-2H3. The zero-order valence-corrected chi connectivity index (χ0v) is 10.1. The third-order valence-electron chi connectivity index (χ3n) is 1.98. The summed E-state index contributed by atoms with van der Waals surface area (Å²) < 4.78 is 4.54. The molecule has 0 fully saturated rings. The summed E-state index contributed by atoms with van der Waals surface area (Å²) >= 11 is 1.35. The first-order valence-electron chi connectivity index (χ1n) is 4.93. The molecule has 1 rings (SSSR count). The van der Waals surface area contributed by atoms with Gasteiger partial charge in [0.25, 0.3) is 5.91 Å². The van der Waals surface area contributed by atoms with Crippen molar-refractivity contribution in [2.45, 2.75) is 13.3 Å². The Labute approximate surface area is 98.0 Å². The Morgan fingerprint density at radius 3 is 2.81 bits per heavy atom. The monoisotopic (exact) mass is 242 g/mol. The number of nitrogens with zero attached hydrogens (tertiary/aromatic N) is 2. The Morgan fingerprint density at radius 1 is 1.56 bits per heavy atom. The molecule has 6 heteroatoms. The van der Waals surface area contributed by atoms with Crippen molar-refractivity contribution in [3.05, 3.63) is 16.6 Å². The van der Waals surface area contributed by atoms with Crippen LogP contribution >= 0.6 is 11.3 Å². The number of hydrogen-bond donors (Lipinski definition) is 0. The van der Waals surface area contributed by atoms with Crippen molar-refractivity contribution in [1.29, 1.82) is 0 Å². The lowest BCUT2D eigenvalue weighted by Crippen LogP contribution is -2.36. The van der Waals surface area contributed by atoms with Crippen molar-refractivity contribution in [3.8, 4) is 0 Å². The summed E-state index contributed by atoms with van der Waals surface area (Å²) in [7, 11) is 1.31. The molecule has 0 aliphatic rings. The van der Waals surface area contributed by atoms with E-state index in [1.165, 1.54) is 23.3 Å². The van der Waals surface area contributed by atoms with Gasteiger partial charge in [0.1, 0.15) is 12.2 Å². The fraction of sp³-hybridized carbons (Fsp3) is 0.500. The van der Waals surface area contributed by atoms with Gasteiger partial charge in [-0.05, 0) is 6.42 Å². The summed E-state index contributed by atoms with van der Waals surface area (Å²) in [6.45, 7) is 2.44. The average Bonchev–Trinajstić information content (AvgIpc) is 2.80. The number of esters is 1. The van der Waals surface area contributed by atoms with E-state index in [-0.39, 0.29) is 12.5 Å². The SMILES string of the molecule is CCCN(CC(=O)OC)C(=O)c1cscn1. The van der Waals surface area contributed by atoms with Gasteiger partial charge < -0.3 is 9.64 Å². The van der Waals surface area contributed by atoms with Crippen LogP contribution in [0.5, 0.6) is 0 Å². The van der Waals surface area contributed by atoms with Gasteiger partial charge in [-0.15, -0.1) is 11.3 Å². The molecule has 0 spiro atoms. The van der Waals surface area contributed by atoms with Gasteiger partial charge in [0, 0.05) is 11.9 Å². The molecule has 0 aliphatic carbocycles. The number of thiazole rings is 1. The third kappa shape index (κ3) is 3.30. The first kappa shape index (κ1) is 12.6. The quantitative estimate of drug-likeness (QED) is 0.727. The van der Waals surface area contributed by atoms with E-state index >= 15 is 0 Å². The van der Waals surface area contributed by atoms with E-state index in [9.17, 15) is 9.59 Å². The lowest BCUT2D eigenvalue weighted by molar-refractivity contribution is -0.141. The van der Waals surface area contributed by atoms with Crippen molar-refractivity contribution < 1.29 is 14.3 Å². The topological polar surface area (TPSA) is 59.5 Å². The molecule has 0 atom stereocenters. The molecule has 0 bridgehead atoms. The molecular weight excluding hydrogens is 228 g/mol. The largest absolute Gasteiger partial charge is 0.468 e. The van der Waals surface area contributed by atoms with Crippen molar-refractivity contribution >= 4 is 23.2 Å². The van der Waals surface area contributed by atoms with Crippen LogP contribution in [0.3, 0.4) is 0 Å².